The average molecular weight is 397 g/mol. The summed E-state index contributed by atoms with van der Waals surface area (Å²) in [5.74, 6) is -0.195. The zero-order valence-electron chi connectivity index (χ0n) is 15.7. The number of nitrogens with zero attached hydrogens (tertiary/aromatic N) is 5. The fraction of sp³-hybridized carbons (Fsp3) is 0.316. The molecule has 0 bridgehead atoms. The third kappa shape index (κ3) is 3.44. The Morgan fingerprint density at radius 2 is 1.86 bits per heavy atom. The summed E-state index contributed by atoms with van der Waals surface area (Å²) >= 11 is 0. The number of para-hydroxylation sites is 1. The minimum Gasteiger partial charge on any atom is -0.395 e. The number of furan rings is 1. The summed E-state index contributed by atoms with van der Waals surface area (Å²) in [6.45, 7) is 0.884. The van der Waals surface area contributed by atoms with Gasteiger partial charge in [0.15, 0.2) is 5.76 Å². The first-order valence-electron chi connectivity index (χ1n) is 9.20. The van der Waals surface area contributed by atoms with Gasteiger partial charge in [-0.2, -0.15) is 5.10 Å². The molecule has 29 heavy (non-hydrogen) atoms. The summed E-state index contributed by atoms with van der Waals surface area (Å²) < 4.78 is 7.95. The Hall–Kier alpha value is -3.69. The second-order valence-electron chi connectivity index (χ2n) is 6.90. The second-order valence-corrected chi connectivity index (χ2v) is 6.90. The molecule has 0 unspecified atom stereocenters. The van der Waals surface area contributed by atoms with Crippen molar-refractivity contribution >= 4 is 11.8 Å². The van der Waals surface area contributed by atoms with E-state index in [1.54, 1.807) is 16.5 Å². The number of hydrogen-bond donors (Lipinski definition) is 0. The van der Waals surface area contributed by atoms with Crippen molar-refractivity contribution < 1.29 is 14.1 Å². The number of piperidine rings is 1. The highest BCUT2D eigenvalue weighted by Crippen LogP contribution is 2.29. The first-order valence-corrected chi connectivity index (χ1v) is 9.20. The normalized spacial score (nSPS) is 14.9. The minimum absolute atomic E-state index is 0.0130. The van der Waals surface area contributed by atoms with Crippen LogP contribution in [0.2, 0.25) is 0 Å². The number of nitro groups is 1. The van der Waals surface area contributed by atoms with E-state index in [1.165, 1.54) is 16.8 Å². The Bertz CT molecular complexity index is 1110. The predicted molar refractivity (Wildman–Crippen MR) is 102 cm³/mol. The van der Waals surface area contributed by atoms with Gasteiger partial charge in [0.05, 0.1) is 11.8 Å². The van der Waals surface area contributed by atoms with Crippen molar-refractivity contribution in [3.05, 3.63) is 74.6 Å². The van der Waals surface area contributed by atoms with E-state index in [4.69, 9.17) is 4.42 Å². The van der Waals surface area contributed by atoms with Gasteiger partial charge in [-0.3, -0.25) is 14.9 Å². The SMILES string of the molecule is Cn1nc(C2CCN(C(=O)c3ccc([N+](=O)[O-])o3)CC2)n(-c2ccccc2)c1=O. The van der Waals surface area contributed by atoms with E-state index in [9.17, 15) is 19.7 Å². The van der Waals surface area contributed by atoms with Crippen LogP contribution in [-0.2, 0) is 7.05 Å². The summed E-state index contributed by atoms with van der Waals surface area (Å²) in [5, 5.41) is 15.2. The molecule has 0 aliphatic carbocycles. The van der Waals surface area contributed by atoms with E-state index < -0.39 is 10.8 Å². The van der Waals surface area contributed by atoms with E-state index >= 15 is 0 Å². The van der Waals surface area contributed by atoms with Gasteiger partial charge in [0.25, 0.3) is 5.91 Å². The lowest BCUT2D eigenvalue weighted by Crippen LogP contribution is -2.38. The molecule has 10 nitrogen and oxygen atoms in total. The van der Waals surface area contributed by atoms with Gasteiger partial charge in [-0.15, -0.1) is 0 Å². The van der Waals surface area contributed by atoms with Crippen LogP contribution in [0.4, 0.5) is 5.88 Å². The van der Waals surface area contributed by atoms with Crippen molar-refractivity contribution in [2.75, 3.05) is 13.1 Å². The van der Waals surface area contributed by atoms with Crippen molar-refractivity contribution in [1.82, 2.24) is 19.2 Å². The predicted octanol–water partition coefficient (Wildman–Crippen LogP) is 2.09. The highest BCUT2D eigenvalue weighted by atomic mass is 16.6. The summed E-state index contributed by atoms with van der Waals surface area (Å²) in [6.07, 6.45) is 1.25. The van der Waals surface area contributed by atoms with Gasteiger partial charge >= 0.3 is 11.6 Å². The number of aryl methyl sites for hydroxylation is 1. The quantitative estimate of drug-likeness (QED) is 0.492. The van der Waals surface area contributed by atoms with Crippen molar-refractivity contribution in [2.45, 2.75) is 18.8 Å². The topological polar surface area (TPSA) is 116 Å². The smallest absolute Gasteiger partial charge is 0.395 e. The maximum absolute atomic E-state index is 12.6. The number of amides is 1. The number of carbonyl (C=O) groups is 1. The zero-order valence-corrected chi connectivity index (χ0v) is 15.7. The molecule has 1 amide bonds. The Balaban J connectivity index is 1.52. The molecule has 0 N–H and O–H groups in total. The number of aromatic nitrogens is 3. The van der Waals surface area contributed by atoms with Crippen LogP contribution >= 0.6 is 0 Å². The molecule has 10 heteroatoms. The highest BCUT2D eigenvalue weighted by molar-refractivity contribution is 5.91. The van der Waals surface area contributed by atoms with E-state index in [2.05, 4.69) is 5.10 Å². The monoisotopic (exact) mass is 397 g/mol. The number of rotatable bonds is 4. The van der Waals surface area contributed by atoms with Crippen LogP contribution < -0.4 is 5.69 Å². The summed E-state index contributed by atoms with van der Waals surface area (Å²) in [6, 6.07) is 11.8. The van der Waals surface area contributed by atoms with Crippen LogP contribution in [-0.4, -0.2) is 43.2 Å². The first-order chi connectivity index (χ1) is 14.0. The molecular formula is C19H19N5O5. The molecule has 0 atom stereocenters. The van der Waals surface area contributed by atoms with Gasteiger partial charge in [-0.1, -0.05) is 18.2 Å². The molecule has 1 aromatic carbocycles. The maximum Gasteiger partial charge on any atom is 0.433 e. The van der Waals surface area contributed by atoms with Crippen molar-refractivity contribution in [3.63, 3.8) is 0 Å². The van der Waals surface area contributed by atoms with Crippen molar-refractivity contribution in [3.8, 4) is 5.69 Å². The van der Waals surface area contributed by atoms with Gasteiger partial charge in [0.1, 0.15) is 10.7 Å². The van der Waals surface area contributed by atoms with Gasteiger partial charge < -0.3 is 9.32 Å². The molecule has 1 aliphatic heterocycles. The lowest BCUT2D eigenvalue weighted by molar-refractivity contribution is -0.402. The van der Waals surface area contributed by atoms with Crippen LogP contribution in [0.3, 0.4) is 0 Å². The van der Waals surface area contributed by atoms with Gasteiger partial charge in [-0.05, 0) is 31.0 Å². The standard InChI is InChI=1S/C19H19N5O5/c1-21-19(26)23(14-5-3-2-4-6-14)17(20-21)13-9-11-22(12-10-13)18(25)15-7-8-16(29-15)24(27)28/h2-8,13H,9-12H2,1H3. The van der Waals surface area contributed by atoms with Crippen molar-refractivity contribution in [2.24, 2.45) is 7.05 Å². The van der Waals surface area contributed by atoms with Crippen molar-refractivity contribution in [1.29, 1.82) is 0 Å². The van der Waals surface area contributed by atoms with E-state index in [0.717, 1.165) is 5.69 Å². The van der Waals surface area contributed by atoms with E-state index in [1.807, 2.05) is 30.3 Å². The summed E-state index contributed by atoms with van der Waals surface area (Å²) in [4.78, 5) is 36.8. The van der Waals surface area contributed by atoms with Crippen LogP contribution in [0.25, 0.3) is 5.69 Å². The van der Waals surface area contributed by atoms with Gasteiger partial charge in [-0.25, -0.2) is 14.0 Å². The number of benzene rings is 1. The third-order valence-corrected chi connectivity index (χ3v) is 5.09. The summed E-state index contributed by atoms with van der Waals surface area (Å²) in [7, 11) is 1.62. The Morgan fingerprint density at radius 1 is 1.17 bits per heavy atom. The molecule has 1 aliphatic rings. The number of carbonyl (C=O) groups excluding carboxylic acids is 1. The third-order valence-electron chi connectivity index (χ3n) is 5.09. The highest BCUT2D eigenvalue weighted by Gasteiger charge is 2.30. The largest absolute Gasteiger partial charge is 0.433 e. The second kappa shape index (κ2) is 7.38. The van der Waals surface area contributed by atoms with Crippen LogP contribution in [0.1, 0.15) is 35.1 Å². The molecular weight excluding hydrogens is 378 g/mol. The molecule has 150 valence electrons. The van der Waals surface area contributed by atoms with Gasteiger partial charge in [0, 0.05) is 26.1 Å². The molecule has 1 fully saturated rings. The van der Waals surface area contributed by atoms with E-state index in [-0.39, 0.29) is 23.3 Å². The Morgan fingerprint density at radius 3 is 2.48 bits per heavy atom. The molecule has 0 saturated carbocycles. The fourth-order valence-electron chi connectivity index (χ4n) is 3.61. The van der Waals surface area contributed by atoms with E-state index in [0.29, 0.717) is 31.8 Å². The maximum atomic E-state index is 12.6. The lowest BCUT2D eigenvalue weighted by Gasteiger charge is -2.31. The Labute approximate surface area is 165 Å². The number of likely N-dealkylation sites (tertiary alicyclic amines) is 1. The average Bonchev–Trinajstić information content (AvgIpc) is 3.34. The van der Waals surface area contributed by atoms with Crippen LogP contribution in [0.15, 0.2) is 51.7 Å². The lowest BCUT2D eigenvalue weighted by atomic mass is 9.95. The molecule has 3 aromatic rings. The molecule has 1 saturated heterocycles. The molecule has 3 heterocycles. The molecule has 0 radical (unpaired) electrons. The number of hydrogen-bond acceptors (Lipinski definition) is 6. The molecule has 0 spiro atoms. The fourth-order valence-corrected chi connectivity index (χ4v) is 3.61. The zero-order chi connectivity index (χ0) is 20.5. The van der Waals surface area contributed by atoms with Crippen LogP contribution in [0, 0.1) is 10.1 Å². The Kier molecular flexibility index (Phi) is 4.75. The first kappa shape index (κ1) is 18.7. The minimum atomic E-state index is -0.674. The van der Waals surface area contributed by atoms with Gasteiger partial charge in [0.2, 0.25) is 0 Å². The molecule has 4 rings (SSSR count). The summed E-state index contributed by atoms with van der Waals surface area (Å²) in [5.41, 5.74) is 0.537. The van der Waals surface area contributed by atoms with Crippen LogP contribution in [0.5, 0.6) is 0 Å². The molecule has 2 aromatic heterocycles.